The maximum atomic E-state index is 14.1. The fourth-order valence-electron chi connectivity index (χ4n) is 5.30. The molecule has 2 saturated heterocycles. The van der Waals surface area contributed by atoms with Crippen molar-refractivity contribution in [2.75, 3.05) is 52.4 Å². The lowest BCUT2D eigenvalue weighted by atomic mass is 9.98. The summed E-state index contributed by atoms with van der Waals surface area (Å²) in [6.45, 7) is 3.08. The number of hydrogen-bond donors (Lipinski definition) is 1. The number of carbonyl (C=O) groups is 1. The minimum atomic E-state index is -0.816. The average molecular weight is 471 g/mol. The summed E-state index contributed by atoms with van der Waals surface area (Å²) >= 11 is 0. The Bertz CT molecular complexity index is 1150. The topological polar surface area (TPSA) is 95.7 Å². The van der Waals surface area contributed by atoms with Crippen molar-refractivity contribution >= 4 is 34.2 Å². The second-order valence-electron chi connectivity index (χ2n) is 9.48. The van der Waals surface area contributed by atoms with E-state index in [1.807, 2.05) is 0 Å². The van der Waals surface area contributed by atoms with E-state index in [9.17, 15) is 13.4 Å². The van der Waals surface area contributed by atoms with E-state index in [1.165, 1.54) is 12.1 Å². The van der Waals surface area contributed by atoms with Crippen LogP contribution >= 0.6 is 0 Å². The van der Waals surface area contributed by atoms with Crippen molar-refractivity contribution in [3.63, 3.8) is 0 Å². The third-order valence-electron chi connectivity index (χ3n) is 7.31. The van der Waals surface area contributed by atoms with Crippen molar-refractivity contribution in [2.24, 2.45) is 5.73 Å². The van der Waals surface area contributed by atoms with Crippen LogP contribution in [0.5, 0.6) is 0 Å². The van der Waals surface area contributed by atoms with Gasteiger partial charge in [0, 0.05) is 66.3 Å². The van der Waals surface area contributed by atoms with Crippen molar-refractivity contribution < 1.29 is 13.4 Å². The summed E-state index contributed by atoms with van der Waals surface area (Å²) in [6.07, 6.45) is 4.29. The van der Waals surface area contributed by atoms with Gasteiger partial charge < -0.3 is 20.4 Å². The van der Waals surface area contributed by atoms with E-state index in [0.29, 0.717) is 42.8 Å². The van der Waals surface area contributed by atoms with Crippen molar-refractivity contribution in [3.8, 4) is 0 Å². The van der Waals surface area contributed by atoms with E-state index < -0.39 is 16.2 Å². The Hall–Kier alpha value is -2.59. The molecule has 8 nitrogen and oxygen atoms in total. The summed E-state index contributed by atoms with van der Waals surface area (Å²) in [5, 5.41) is 0. The van der Waals surface area contributed by atoms with Gasteiger partial charge in [0.25, 0.3) is 0 Å². The van der Waals surface area contributed by atoms with E-state index >= 15 is 0 Å². The molecular weight excluding hydrogens is 443 g/mol. The van der Waals surface area contributed by atoms with Crippen LogP contribution in [0, 0.1) is 5.82 Å². The zero-order chi connectivity index (χ0) is 22.7. The van der Waals surface area contributed by atoms with Gasteiger partial charge in [-0.1, -0.05) is 6.07 Å². The number of hydrogen-bond acceptors (Lipinski definition) is 7. The summed E-state index contributed by atoms with van der Waals surface area (Å²) in [7, 11) is -0.816. The molecule has 1 spiro atoms. The molecule has 0 radical (unpaired) electrons. The van der Waals surface area contributed by atoms with Gasteiger partial charge in [0.05, 0.1) is 17.6 Å². The molecule has 2 N–H and O–H groups in total. The predicted molar refractivity (Wildman–Crippen MR) is 125 cm³/mol. The fraction of sp³-hybridized carbons (Fsp3) is 0.522. The van der Waals surface area contributed by atoms with Crippen molar-refractivity contribution in [3.05, 3.63) is 41.3 Å². The fourth-order valence-corrected chi connectivity index (χ4v) is 6.35. The third-order valence-corrected chi connectivity index (χ3v) is 8.59. The zero-order valence-electron chi connectivity index (χ0n) is 18.4. The number of carbonyl (C=O) groups excluding carboxylic acids is 1. The second-order valence-corrected chi connectivity index (χ2v) is 11.2. The number of fused-ring (bicyclic) bond motifs is 2. The zero-order valence-corrected chi connectivity index (χ0v) is 19.2. The first kappa shape index (κ1) is 21.0. The molecule has 4 heterocycles. The standard InChI is InChI=1S/C23H27FN6O2S/c24-16-1-2-18-19(11-16)30(21(31)23(18)4-5-23)13-15-12-26-22(29-6-3-17(25)14-29)27-20(15)28-7-9-33(32)10-8-28/h1-2,11-12,17H,3-10,13-14,25H2. The van der Waals surface area contributed by atoms with Gasteiger partial charge in [0.2, 0.25) is 11.9 Å². The van der Waals surface area contributed by atoms with Gasteiger partial charge in [-0.05, 0) is 37.0 Å². The van der Waals surface area contributed by atoms with Crippen molar-refractivity contribution in [1.82, 2.24) is 9.97 Å². The molecule has 33 heavy (non-hydrogen) atoms. The lowest BCUT2D eigenvalue weighted by molar-refractivity contribution is -0.120. The summed E-state index contributed by atoms with van der Waals surface area (Å²) in [5.41, 5.74) is 7.99. The highest BCUT2D eigenvalue weighted by molar-refractivity contribution is 7.85. The Kier molecular flexibility index (Phi) is 4.91. The van der Waals surface area contributed by atoms with Crippen molar-refractivity contribution in [1.29, 1.82) is 0 Å². The Labute approximate surface area is 194 Å². The molecule has 2 aromatic rings. The highest BCUT2D eigenvalue weighted by atomic mass is 32.2. The molecule has 3 fully saturated rings. The smallest absolute Gasteiger partial charge is 0.238 e. The molecule has 0 bridgehead atoms. The van der Waals surface area contributed by atoms with E-state index in [4.69, 9.17) is 10.7 Å². The van der Waals surface area contributed by atoms with Gasteiger partial charge in [-0.25, -0.2) is 9.37 Å². The monoisotopic (exact) mass is 470 g/mol. The first-order valence-electron chi connectivity index (χ1n) is 11.5. The normalized spacial score (nSPS) is 24.1. The summed E-state index contributed by atoms with van der Waals surface area (Å²) in [4.78, 5) is 28.8. The summed E-state index contributed by atoms with van der Waals surface area (Å²) < 4.78 is 26.1. The second kappa shape index (κ2) is 7.73. The van der Waals surface area contributed by atoms with Gasteiger partial charge in [-0.2, -0.15) is 4.98 Å². The van der Waals surface area contributed by atoms with E-state index in [-0.39, 0.29) is 24.3 Å². The highest BCUT2D eigenvalue weighted by Gasteiger charge is 2.59. The molecule has 174 valence electrons. The van der Waals surface area contributed by atoms with Crippen molar-refractivity contribution in [2.45, 2.75) is 37.3 Å². The molecular formula is C23H27FN6O2S. The van der Waals surface area contributed by atoms with Gasteiger partial charge in [-0.15, -0.1) is 0 Å². The summed E-state index contributed by atoms with van der Waals surface area (Å²) in [6, 6.07) is 4.77. The predicted octanol–water partition coefficient (Wildman–Crippen LogP) is 1.30. The van der Waals surface area contributed by atoms with Crippen LogP contribution in [-0.2, 0) is 27.6 Å². The molecule has 1 aromatic heterocycles. The lowest BCUT2D eigenvalue weighted by Crippen LogP contribution is -2.40. The average Bonchev–Trinajstić information content (AvgIpc) is 3.45. The lowest BCUT2D eigenvalue weighted by Gasteiger charge is -2.31. The third kappa shape index (κ3) is 3.50. The quantitative estimate of drug-likeness (QED) is 0.720. The molecule has 1 saturated carbocycles. The van der Waals surface area contributed by atoms with Crippen LogP contribution in [-0.4, -0.2) is 63.8 Å². The Balaban J connectivity index is 1.36. The molecule has 4 aliphatic rings. The molecule has 1 unspecified atom stereocenters. The summed E-state index contributed by atoms with van der Waals surface area (Å²) in [5.74, 6) is 2.26. The van der Waals surface area contributed by atoms with E-state index in [1.54, 1.807) is 17.2 Å². The Morgan fingerprint density at radius 1 is 1.18 bits per heavy atom. The number of nitrogens with two attached hydrogens (primary N) is 1. The van der Waals surface area contributed by atoms with Crippen LogP contribution in [0.2, 0.25) is 0 Å². The number of amides is 1. The van der Waals surface area contributed by atoms with Crippen LogP contribution in [0.4, 0.5) is 21.8 Å². The molecule has 1 atom stereocenters. The first-order valence-corrected chi connectivity index (χ1v) is 13.0. The highest BCUT2D eigenvalue weighted by Crippen LogP contribution is 2.57. The van der Waals surface area contributed by atoms with E-state index in [2.05, 4.69) is 14.8 Å². The van der Waals surface area contributed by atoms with E-state index in [0.717, 1.165) is 42.8 Å². The largest absolute Gasteiger partial charge is 0.354 e. The Morgan fingerprint density at radius 2 is 1.97 bits per heavy atom. The maximum Gasteiger partial charge on any atom is 0.238 e. The molecule has 1 aromatic carbocycles. The molecule has 10 heteroatoms. The number of anilines is 3. The van der Waals surface area contributed by atoms with Gasteiger partial charge in [0.15, 0.2) is 0 Å². The number of benzene rings is 1. The van der Waals surface area contributed by atoms with Gasteiger partial charge in [0.1, 0.15) is 11.6 Å². The van der Waals surface area contributed by atoms with Crippen LogP contribution < -0.4 is 20.4 Å². The van der Waals surface area contributed by atoms with Gasteiger partial charge in [-0.3, -0.25) is 9.00 Å². The number of aromatic nitrogens is 2. The number of rotatable bonds is 4. The van der Waals surface area contributed by atoms with Crippen LogP contribution in [0.15, 0.2) is 24.4 Å². The first-order chi connectivity index (χ1) is 15.9. The van der Waals surface area contributed by atoms with Crippen LogP contribution in [0.1, 0.15) is 30.4 Å². The molecule has 6 rings (SSSR count). The molecule has 1 aliphatic carbocycles. The minimum Gasteiger partial charge on any atom is -0.354 e. The maximum absolute atomic E-state index is 14.1. The van der Waals surface area contributed by atoms with Crippen LogP contribution in [0.3, 0.4) is 0 Å². The SMILES string of the molecule is NC1CCN(c2ncc(CN3C(=O)C4(CC4)c4ccc(F)cc43)c(N3CCS(=O)CC3)n2)C1. The minimum absolute atomic E-state index is 0.0309. The molecule has 1 amide bonds. The molecule has 3 aliphatic heterocycles. The number of nitrogens with zero attached hydrogens (tertiary/aromatic N) is 5. The number of halogens is 1. The van der Waals surface area contributed by atoms with Crippen LogP contribution in [0.25, 0.3) is 0 Å². The van der Waals surface area contributed by atoms with Gasteiger partial charge >= 0.3 is 0 Å². The Morgan fingerprint density at radius 3 is 2.67 bits per heavy atom.